The first-order valence-corrected chi connectivity index (χ1v) is 11.4. The van der Waals surface area contributed by atoms with Gasteiger partial charge in [0.2, 0.25) is 0 Å². The lowest BCUT2D eigenvalue weighted by molar-refractivity contribution is 0.0368. The van der Waals surface area contributed by atoms with Crippen LogP contribution in [0.1, 0.15) is 56.0 Å². The molecule has 1 amide bonds. The highest BCUT2D eigenvalue weighted by molar-refractivity contribution is 6.07. The molecule has 1 fully saturated rings. The molecule has 0 aliphatic heterocycles. The third-order valence-corrected chi connectivity index (χ3v) is 6.86. The molecule has 3 atom stereocenters. The highest BCUT2D eigenvalue weighted by atomic mass is 16.2. The minimum Gasteiger partial charge on any atom is -0.331 e. The molecule has 0 N–H and O–H groups in total. The lowest BCUT2D eigenvalue weighted by atomic mass is 9.73. The number of hydrogen-bond donors (Lipinski definition) is 0. The maximum Gasteiger partial charge on any atom is 0.255 e. The maximum absolute atomic E-state index is 14.1. The van der Waals surface area contributed by atoms with E-state index in [1.165, 1.54) is 18.4 Å². The summed E-state index contributed by atoms with van der Waals surface area (Å²) in [4.78, 5) is 16.3. The van der Waals surface area contributed by atoms with Gasteiger partial charge < -0.3 is 4.90 Å². The van der Waals surface area contributed by atoms with Crippen LogP contribution in [-0.4, -0.2) is 16.8 Å². The molecule has 0 aromatic heterocycles. The smallest absolute Gasteiger partial charge is 0.255 e. The van der Waals surface area contributed by atoms with Crippen LogP contribution in [0.4, 0.5) is 0 Å². The van der Waals surface area contributed by atoms with Crippen LogP contribution in [0.5, 0.6) is 0 Å². The van der Waals surface area contributed by atoms with Crippen molar-refractivity contribution in [3.63, 3.8) is 0 Å². The molecule has 0 heterocycles. The first-order valence-electron chi connectivity index (χ1n) is 11.4. The number of nitrogens with zero attached hydrogens (tertiary/aromatic N) is 1. The van der Waals surface area contributed by atoms with Gasteiger partial charge in [0, 0.05) is 18.2 Å². The Morgan fingerprint density at radius 1 is 0.933 bits per heavy atom. The fraction of sp³-hybridized carbons (Fsp3) is 0.393. The third-order valence-electron chi connectivity index (χ3n) is 6.86. The standard InChI is InChI=1S/C28H33NO/c1-20(2)24-17-16-21(3)18-27(24)29(19-22-10-5-4-6-11-22)28(30)26-15-9-13-23-12-7-8-14-25(23)26/h4-15,20-21,24,27H,16-19H2,1-3H3/t21-,24+,27+/m0/s1. The fourth-order valence-electron chi connectivity index (χ4n) is 5.20. The Kier molecular flexibility index (Phi) is 6.22. The predicted molar refractivity (Wildman–Crippen MR) is 125 cm³/mol. The molecule has 3 aromatic carbocycles. The highest BCUT2D eigenvalue weighted by Gasteiger charge is 2.37. The van der Waals surface area contributed by atoms with Crippen molar-refractivity contribution < 1.29 is 4.79 Å². The van der Waals surface area contributed by atoms with Gasteiger partial charge in [0.15, 0.2) is 0 Å². The van der Waals surface area contributed by atoms with Gasteiger partial charge in [-0.05, 0) is 53.0 Å². The average molecular weight is 400 g/mol. The van der Waals surface area contributed by atoms with E-state index in [2.05, 4.69) is 68.1 Å². The molecule has 0 radical (unpaired) electrons. The Balaban J connectivity index is 1.77. The number of carbonyl (C=O) groups excluding carboxylic acids is 1. The van der Waals surface area contributed by atoms with Crippen LogP contribution in [0.15, 0.2) is 72.8 Å². The first-order chi connectivity index (χ1) is 14.5. The molecule has 156 valence electrons. The molecule has 0 spiro atoms. The van der Waals surface area contributed by atoms with Crippen molar-refractivity contribution in [3.8, 4) is 0 Å². The summed E-state index contributed by atoms with van der Waals surface area (Å²) in [5, 5.41) is 2.17. The Morgan fingerprint density at radius 2 is 1.63 bits per heavy atom. The monoisotopic (exact) mass is 399 g/mol. The van der Waals surface area contributed by atoms with E-state index in [-0.39, 0.29) is 11.9 Å². The SMILES string of the molecule is CC(C)[C@H]1CC[C@H](C)C[C@H]1N(Cc1ccccc1)C(=O)c1cccc2ccccc12. The van der Waals surface area contributed by atoms with Gasteiger partial charge in [-0.2, -0.15) is 0 Å². The summed E-state index contributed by atoms with van der Waals surface area (Å²) in [7, 11) is 0. The van der Waals surface area contributed by atoms with E-state index in [4.69, 9.17) is 0 Å². The molecule has 1 aliphatic carbocycles. The van der Waals surface area contributed by atoms with Gasteiger partial charge in [-0.1, -0.05) is 93.9 Å². The summed E-state index contributed by atoms with van der Waals surface area (Å²) in [6.07, 6.45) is 3.56. The largest absolute Gasteiger partial charge is 0.331 e. The molecule has 1 saturated carbocycles. The molecule has 2 nitrogen and oxygen atoms in total. The van der Waals surface area contributed by atoms with E-state index < -0.39 is 0 Å². The number of hydrogen-bond acceptors (Lipinski definition) is 1. The zero-order valence-electron chi connectivity index (χ0n) is 18.4. The second kappa shape index (κ2) is 9.04. The molecule has 2 heteroatoms. The van der Waals surface area contributed by atoms with Gasteiger partial charge in [-0.25, -0.2) is 0 Å². The normalized spacial score (nSPS) is 21.7. The van der Waals surface area contributed by atoms with Gasteiger partial charge in [0.25, 0.3) is 5.91 Å². The van der Waals surface area contributed by atoms with Crippen molar-refractivity contribution >= 4 is 16.7 Å². The fourth-order valence-corrected chi connectivity index (χ4v) is 5.20. The molecular formula is C28H33NO. The lowest BCUT2D eigenvalue weighted by Gasteiger charge is -2.44. The molecule has 0 unspecified atom stereocenters. The number of fused-ring (bicyclic) bond motifs is 1. The third kappa shape index (κ3) is 4.28. The van der Waals surface area contributed by atoms with Crippen LogP contribution in [0.3, 0.4) is 0 Å². The van der Waals surface area contributed by atoms with E-state index in [0.717, 1.165) is 22.8 Å². The van der Waals surface area contributed by atoms with E-state index in [1.54, 1.807) is 0 Å². The Bertz CT molecular complexity index is 988. The Labute approximate surface area is 180 Å². The summed E-state index contributed by atoms with van der Waals surface area (Å²) in [5.74, 6) is 1.94. The minimum atomic E-state index is 0.167. The van der Waals surface area contributed by atoms with Gasteiger partial charge in [-0.3, -0.25) is 4.79 Å². The first kappa shape index (κ1) is 20.7. The second-order valence-corrected chi connectivity index (χ2v) is 9.34. The Morgan fingerprint density at radius 3 is 2.40 bits per heavy atom. The van der Waals surface area contributed by atoms with Crippen LogP contribution < -0.4 is 0 Å². The molecule has 1 aliphatic rings. The average Bonchev–Trinajstić information content (AvgIpc) is 2.77. The van der Waals surface area contributed by atoms with Crippen molar-refractivity contribution in [2.45, 2.75) is 52.6 Å². The maximum atomic E-state index is 14.1. The minimum absolute atomic E-state index is 0.167. The molecule has 30 heavy (non-hydrogen) atoms. The molecule has 0 saturated heterocycles. The molecular weight excluding hydrogens is 366 g/mol. The molecule has 4 rings (SSSR count). The van der Waals surface area contributed by atoms with Crippen LogP contribution in [0.25, 0.3) is 10.8 Å². The van der Waals surface area contributed by atoms with E-state index in [0.29, 0.717) is 24.3 Å². The van der Waals surface area contributed by atoms with E-state index >= 15 is 0 Å². The van der Waals surface area contributed by atoms with Crippen molar-refractivity contribution in [1.29, 1.82) is 0 Å². The van der Waals surface area contributed by atoms with Gasteiger partial charge >= 0.3 is 0 Å². The quantitative estimate of drug-likeness (QED) is 0.455. The Hall–Kier alpha value is -2.61. The topological polar surface area (TPSA) is 20.3 Å². The lowest BCUT2D eigenvalue weighted by Crippen LogP contribution is -2.48. The van der Waals surface area contributed by atoms with E-state index in [1.807, 2.05) is 30.3 Å². The second-order valence-electron chi connectivity index (χ2n) is 9.34. The van der Waals surface area contributed by atoms with Crippen LogP contribution >= 0.6 is 0 Å². The number of carbonyl (C=O) groups is 1. The zero-order valence-corrected chi connectivity index (χ0v) is 18.4. The van der Waals surface area contributed by atoms with Crippen LogP contribution in [0.2, 0.25) is 0 Å². The van der Waals surface area contributed by atoms with Gasteiger partial charge in [-0.15, -0.1) is 0 Å². The van der Waals surface area contributed by atoms with Crippen molar-refractivity contribution in [1.82, 2.24) is 4.90 Å². The number of rotatable bonds is 5. The summed E-state index contributed by atoms with van der Waals surface area (Å²) in [6.45, 7) is 7.64. The van der Waals surface area contributed by atoms with Crippen molar-refractivity contribution in [3.05, 3.63) is 83.9 Å². The molecule has 0 bridgehead atoms. The van der Waals surface area contributed by atoms with E-state index in [9.17, 15) is 4.79 Å². The predicted octanol–water partition coefficient (Wildman–Crippen LogP) is 6.94. The van der Waals surface area contributed by atoms with Crippen molar-refractivity contribution in [2.24, 2.45) is 17.8 Å². The highest BCUT2D eigenvalue weighted by Crippen LogP contribution is 2.38. The van der Waals surface area contributed by atoms with Crippen LogP contribution in [-0.2, 0) is 6.54 Å². The summed E-state index contributed by atoms with van der Waals surface area (Å²) < 4.78 is 0. The zero-order chi connectivity index (χ0) is 21.1. The van der Waals surface area contributed by atoms with Gasteiger partial charge in [0.1, 0.15) is 0 Å². The van der Waals surface area contributed by atoms with Crippen LogP contribution in [0, 0.1) is 17.8 Å². The molecule has 3 aromatic rings. The summed E-state index contributed by atoms with van der Waals surface area (Å²) in [6, 6.07) is 25.1. The summed E-state index contributed by atoms with van der Waals surface area (Å²) >= 11 is 0. The van der Waals surface area contributed by atoms with Crippen molar-refractivity contribution in [2.75, 3.05) is 0 Å². The number of amides is 1. The van der Waals surface area contributed by atoms with Gasteiger partial charge in [0.05, 0.1) is 0 Å². The summed E-state index contributed by atoms with van der Waals surface area (Å²) in [5.41, 5.74) is 2.02. The number of benzene rings is 3.